The first-order chi connectivity index (χ1) is 16.1. The Kier molecular flexibility index (Phi) is 4.76. The lowest BCUT2D eigenvalue weighted by Gasteiger charge is -2.14. The molecule has 0 radical (unpaired) electrons. The molecule has 2 aromatic carbocycles. The van der Waals surface area contributed by atoms with Gasteiger partial charge in [-0.3, -0.25) is 20.3 Å². The number of rotatable bonds is 4. The van der Waals surface area contributed by atoms with Gasteiger partial charge in [-0.25, -0.2) is 4.98 Å². The van der Waals surface area contributed by atoms with Gasteiger partial charge in [0.1, 0.15) is 0 Å². The predicted octanol–water partition coefficient (Wildman–Crippen LogP) is 4.51. The van der Waals surface area contributed by atoms with Gasteiger partial charge >= 0.3 is 0 Å². The number of nitrogens with zero attached hydrogens (tertiary/aromatic N) is 3. The number of carbonyl (C=O) groups is 1. The second-order valence-corrected chi connectivity index (χ2v) is 9.32. The summed E-state index contributed by atoms with van der Waals surface area (Å²) in [5, 5.41) is 11.3. The molecule has 2 aliphatic carbocycles. The van der Waals surface area contributed by atoms with E-state index in [-0.39, 0.29) is 5.91 Å². The quantitative estimate of drug-likeness (QED) is 0.310. The zero-order chi connectivity index (χ0) is 22.5. The third-order valence-corrected chi connectivity index (χ3v) is 6.58. The number of hydrazine groups is 1. The van der Waals surface area contributed by atoms with Crippen molar-refractivity contribution in [1.29, 1.82) is 0 Å². The number of benzene rings is 2. The molecule has 4 aromatic rings. The van der Waals surface area contributed by atoms with Gasteiger partial charge in [-0.1, -0.05) is 36.4 Å². The summed E-state index contributed by atoms with van der Waals surface area (Å²) in [6.07, 6.45) is 4.44. The van der Waals surface area contributed by atoms with E-state index >= 15 is 0 Å². The van der Waals surface area contributed by atoms with Gasteiger partial charge in [0.15, 0.2) is 10.8 Å². The van der Waals surface area contributed by atoms with Crippen LogP contribution in [-0.4, -0.2) is 25.8 Å². The molecule has 0 unspecified atom stereocenters. The number of thiocarbonyl (C=S) groups is 1. The molecule has 2 saturated carbocycles. The van der Waals surface area contributed by atoms with Crippen LogP contribution in [0.4, 0.5) is 5.69 Å². The number of nitrogens with one attached hydrogen (secondary N) is 3. The summed E-state index contributed by atoms with van der Waals surface area (Å²) in [5.74, 6) is 0.611. The van der Waals surface area contributed by atoms with Gasteiger partial charge in [0.25, 0.3) is 5.91 Å². The second-order valence-electron chi connectivity index (χ2n) is 8.91. The van der Waals surface area contributed by atoms with E-state index in [0.717, 1.165) is 64.6 Å². The molecule has 33 heavy (non-hydrogen) atoms. The fourth-order valence-corrected chi connectivity index (χ4v) is 4.54. The highest BCUT2D eigenvalue weighted by atomic mass is 32.1. The van der Waals surface area contributed by atoms with Crippen molar-refractivity contribution in [2.75, 3.05) is 5.32 Å². The maximum Gasteiger partial charge on any atom is 0.270 e. The van der Waals surface area contributed by atoms with Crippen molar-refractivity contribution in [3.63, 3.8) is 0 Å². The fraction of sp³-hybridized carbons (Fsp3) is 0.280. The first kappa shape index (κ1) is 20.1. The van der Waals surface area contributed by atoms with Crippen molar-refractivity contribution in [3.05, 3.63) is 65.5 Å². The summed E-state index contributed by atoms with van der Waals surface area (Å²) in [7, 11) is 1.90. The summed E-state index contributed by atoms with van der Waals surface area (Å²) in [6, 6.07) is 16.0. The number of fused-ring (bicyclic) bond motifs is 2. The highest BCUT2D eigenvalue weighted by Crippen LogP contribution is 2.45. The van der Waals surface area contributed by atoms with Crippen LogP contribution < -0.4 is 16.2 Å². The van der Waals surface area contributed by atoms with Gasteiger partial charge in [-0.15, -0.1) is 0 Å². The van der Waals surface area contributed by atoms with Gasteiger partial charge in [0, 0.05) is 35.7 Å². The summed E-state index contributed by atoms with van der Waals surface area (Å²) in [4.78, 5) is 18.2. The molecule has 0 saturated heterocycles. The molecule has 7 nitrogen and oxygen atoms in total. The average molecular weight is 457 g/mol. The predicted molar refractivity (Wildman–Crippen MR) is 133 cm³/mol. The Balaban J connectivity index is 1.25. The van der Waals surface area contributed by atoms with E-state index < -0.39 is 0 Å². The van der Waals surface area contributed by atoms with Crippen molar-refractivity contribution < 1.29 is 4.79 Å². The monoisotopic (exact) mass is 456 g/mol. The average Bonchev–Trinajstić information content (AvgIpc) is 3.75. The lowest BCUT2D eigenvalue weighted by molar-refractivity contribution is 0.0945. The maximum atomic E-state index is 13.3. The third kappa shape index (κ3) is 3.80. The number of anilines is 1. The zero-order valence-electron chi connectivity index (χ0n) is 18.3. The summed E-state index contributed by atoms with van der Waals surface area (Å²) >= 11 is 5.46. The van der Waals surface area contributed by atoms with Crippen molar-refractivity contribution in [2.45, 2.75) is 37.5 Å². The normalized spacial score (nSPS) is 15.5. The standard InChI is InChI=1S/C25H24N6OS/c1-31-23-21(22(30-31)16-11-12-16)18(13-20(26-23)15-9-10-15)24(32)28-29-25(33)27-19-8-4-6-14-5-2-3-7-17(14)19/h2-8,13,15-16H,9-12H2,1H3,(H,28,32)(H2,27,29,33). The molecule has 0 aliphatic heterocycles. The number of carbonyl (C=O) groups excluding carboxylic acids is 1. The Bertz CT molecular complexity index is 1410. The van der Waals surface area contributed by atoms with Crippen LogP contribution in [0.25, 0.3) is 21.8 Å². The van der Waals surface area contributed by atoms with E-state index in [1.165, 1.54) is 0 Å². The van der Waals surface area contributed by atoms with Gasteiger partial charge < -0.3 is 5.32 Å². The van der Waals surface area contributed by atoms with Crippen molar-refractivity contribution in [1.82, 2.24) is 25.6 Å². The van der Waals surface area contributed by atoms with Crippen LogP contribution in [0, 0.1) is 0 Å². The first-order valence-electron chi connectivity index (χ1n) is 11.3. The lowest BCUT2D eigenvalue weighted by atomic mass is 10.1. The van der Waals surface area contributed by atoms with E-state index in [4.69, 9.17) is 22.3 Å². The third-order valence-electron chi connectivity index (χ3n) is 6.37. The zero-order valence-corrected chi connectivity index (χ0v) is 19.1. The van der Waals surface area contributed by atoms with Crippen LogP contribution in [0.5, 0.6) is 0 Å². The SMILES string of the molecule is Cn1nc(C2CC2)c2c(C(=O)NNC(=S)Nc3cccc4ccccc34)cc(C3CC3)nc21. The number of hydrogen-bond acceptors (Lipinski definition) is 4. The molecule has 2 aromatic heterocycles. The molecule has 3 N–H and O–H groups in total. The van der Waals surface area contributed by atoms with Gasteiger partial charge in [0.05, 0.1) is 16.6 Å². The molecule has 6 rings (SSSR count). The Morgan fingerprint density at radius 1 is 1.03 bits per heavy atom. The number of pyridine rings is 1. The van der Waals surface area contributed by atoms with Crippen LogP contribution >= 0.6 is 12.2 Å². The number of amides is 1. The highest BCUT2D eigenvalue weighted by molar-refractivity contribution is 7.80. The highest BCUT2D eigenvalue weighted by Gasteiger charge is 2.33. The minimum atomic E-state index is -0.235. The minimum absolute atomic E-state index is 0.235. The Morgan fingerprint density at radius 3 is 2.58 bits per heavy atom. The van der Waals surface area contributed by atoms with Crippen molar-refractivity contribution in [3.8, 4) is 0 Å². The van der Waals surface area contributed by atoms with Crippen molar-refractivity contribution in [2.24, 2.45) is 7.05 Å². The molecule has 0 spiro atoms. The van der Waals surface area contributed by atoms with E-state index in [0.29, 0.717) is 22.5 Å². The van der Waals surface area contributed by atoms with Crippen LogP contribution in [-0.2, 0) is 7.05 Å². The van der Waals surface area contributed by atoms with Crippen LogP contribution in [0.1, 0.15) is 59.3 Å². The minimum Gasteiger partial charge on any atom is -0.331 e. The van der Waals surface area contributed by atoms with Crippen LogP contribution in [0.3, 0.4) is 0 Å². The van der Waals surface area contributed by atoms with E-state index in [1.807, 2.05) is 48.1 Å². The van der Waals surface area contributed by atoms with E-state index in [1.54, 1.807) is 0 Å². The molecule has 8 heteroatoms. The maximum absolute atomic E-state index is 13.3. The van der Waals surface area contributed by atoms with Crippen molar-refractivity contribution >= 4 is 50.7 Å². The Hall–Kier alpha value is -3.52. The topological polar surface area (TPSA) is 83.9 Å². The molecule has 166 valence electrons. The molecule has 2 fully saturated rings. The Labute approximate surface area is 196 Å². The molecular formula is C25H24N6OS. The molecular weight excluding hydrogens is 432 g/mol. The smallest absolute Gasteiger partial charge is 0.270 e. The number of hydrogen-bond donors (Lipinski definition) is 3. The Morgan fingerprint density at radius 2 is 1.79 bits per heavy atom. The molecule has 2 aliphatic rings. The molecule has 0 atom stereocenters. The molecule has 0 bridgehead atoms. The van der Waals surface area contributed by atoms with Gasteiger partial charge in [-0.05, 0) is 55.4 Å². The summed E-state index contributed by atoms with van der Waals surface area (Å²) in [5.41, 5.74) is 9.86. The van der Waals surface area contributed by atoms with Gasteiger partial charge in [-0.2, -0.15) is 5.10 Å². The van der Waals surface area contributed by atoms with E-state index in [9.17, 15) is 4.79 Å². The van der Waals surface area contributed by atoms with Gasteiger partial charge in [0.2, 0.25) is 0 Å². The first-order valence-corrected chi connectivity index (χ1v) is 11.7. The largest absolute Gasteiger partial charge is 0.331 e. The summed E-state index contributed by atoms with van der Waals surface area (Å²) in [6.45, 7) is 0. The van der Waals surface area contributed by atoms with Crippen LogP contribution in [0.15, 0.2) is 48.5 Å². The van der Waals surface area contributed by atoms with E-state index in [2.05, 4.69) is 28.3 Å². The molecule has 2 heterocycles. The second kappa shape index (κ2) is 7.81. The number of aromatic nitrogens is 3. The van der Waals surface area contributed by atoms with Crippen LogP contribution in [0.2, 0.25) is 0 Å². The summed E-state index contributed by atoms with van der Waals surface area (Å²) < 4.78 is 1.81. The molecule has 1 amide bonds. The number of aryl methyl sites for hydroxylation is 1. The lowest BCUT2D eigenvalue weighted by Crippen LogP contribution is -2.43. The fourth-order valence-electron chi connectivity index (χ4n) is 4.38.